The van der Waals surface area contributed by atoms with Gasteiger partial charge in [-0.05, 0) is 37.6 Å². The molecule has 0 bridgehead atoms. The van der Waals surface area contributed by atoms with Gasteiger partial charge in [-0.3, -0.25) is 4.79 Å². The number of aryl methyl sites for hydroxylation is 1. The first-order valence-corrected chi connectivity index (χ1v) is 5.02. The van der Waals surface area contributed by atoms with Crippen molar-refractivity contribution in [2.75, 3.05) is 11.1 Å². The topological polar surface area (TPSA) is 75.3 Å². The fourth-order valence-electron chi connectivity index (χ4n) is 1.20. The predicted octanol–water partition coefficient (Wildman–Crippen LogP) is 1.83. The van der Waals surface area contributed by atoms with Crippen LogP contribution in [0.5, 0.6) is 0 Å². The van der Waals surface area contributed by atoms with Gasteiger partial charge in [0, 0.05) is 11.4 Å². The standard InChI is InChI=1S/C11H13F3N2O2/c1-6-5-7(15)3-4-8(6)16-9(17)10(2,18)11(12,13)14/h3-5,18H,15H2,1-2H3,(H,16,17)/t10-/m1/s1. The Morgan fingerprint density at radius 1 is 1.39 bits per heavy atom. The molecule has 4 N–H and O–H groups in total. The van der Waals surface area contributed by atoms with Crippen LogP contribution in [-0.4, -0.2) is 22.8 Å². The number of amides is 1. The number of rotatable bonds is 2. The first-order chi connectivity index (χ1) is 8.05. The van der Waals surface area contributed by atoms with Crippen molar-refractivity contribution in [3.8, 4) is 0 Å². The molecule has 0 aromatic heterocycles. The first kappa shape index (κ1) is 14.3. The Morgan fingerprint density at radius 2 is 1.94 bits per heavy atom. The number of halogens is 3. The average Bonchev–Trinajstić information content (AvgIpc) is 2.20. The number of nitrogens with two attached hydrogens (primary N) is 1. The van der Waals surface area contributed by atoms with Gasteiger partial charge in [-0.1, -0.05) is 0 Å². The number of alkyl halides is 3. The van der Waals surface area contributed by atoms with Gasteiger partial charge < -0.3 is 16.2 Å². The maximum absolute atomic E-state index is 12.4. The molecule has 18 heavy (non-hydrogen) atoms. The molecule has 0 unspecified atom stereocenters. The molecular formula is C11H13F3N2O2. The number of hydrogen-bond donors (Lipinski definition) is 3. The number of nitrogens with one attached hydrogen (secondary N) is 1. The van der Waals surface area contributed by atoms with E-state index in [9.17, 15) is 18.0 Å². The van der Waals surface area contributed by atoms with Crippen LogP contribution in [-0.2, 0) is 4.79 Å². The van der Waals surface area contributed by atoms with E-state index in [0.29, 0.717) is 18.2 Å². The van der Waals surface area contributed by atoms with Crippen molar-refractivity contribution in [1.82, 2.24) is 0 Å². The number of carbonyl (C=O) groups excluding carboxylic acids is 1. The molecule has 0 aliphatic heterocycles. The second-order valence-corrected chi connectivity index (χ2v) is 4.10. The van der Waals surface area contributed by atoms with E-state index < -0.39 is 17.7 Å². The molecule has 7 heteroatoms. The lowest BCUT2D eigenvalue weighted by atomic mass is 10.1. The van der Waals surface area contributed by atoms with Gasteiger partial charge in [0.05, 0.1) is 0 Å². The molecule has 0 fully saturated rings. The third kappa shape index (κ3) is 2.73. The van der Waals surface area contributed by atoms with E-state index in [1.54, 1.807) is 6.92 Å². The van der Waals surface area contributed by atoms with Crippen LogP contribution in [0.4, 0.5) is 24.5 Å². The number of aliphatic hydroxyl groups is 1. The molecule has 1 aromatic rings. The van der Waals surface area contributed by atoms with E-state index in [0.717, 1.165) is 0 Å². The smallest absolute Gasteiger partial charge is 0.399 e. The van der Waals surface area contributed by atoms with E-state index in [1.807, 2.05) is 5.32 Å². The van der Waals surface area contributed by atoms with Gasteiger partial charge >= 0.3 is 6.18 Å². The second-order valence-electron chi connectivity index (χ2n) is 4.10. The van der Waals surface area contributed by atoms with Crippen molar-refractivity contribution < 1.29 is 23.1 Å². The maximum atomic E-state index is 12.4. The minimum absolute atomic E-state index is 0.165. The summed E-state index contributed by atoms with van der Waals surface area (Å²) < 4.78 is 37.3. The Hall–Kier alpha value is -1.76. The average molecular weight is 262 g/mol. The summed E-state index contributed by atoms with van der Waals surface area (Å²) in [4.78, 5) is 11.4. The van der Waals surface area contributed by atoms with E-state index in [-0.39, 0.29) is 5.69 Å². The minimum atomic E-state index is -5.04. The Bertz CT molecular complexity index is 470. The van der Waals surface area contributed by atoms with Gasteiger partial charge in [-0.25, -0.2) is 0 Å². The fourth-order valence-corrected chi connectivity index (χ4v) is 1.20. The summed E-state index contributed by atoms with van der Waals surface area (Å²) in [6.45, 7) is 1.98. The summed E-state index contributed by atoms with van der Waals surface area (Å²) >= 11 is 0. The summed E-state index contributed by atoms with van der Waals surface area (Å²) in [6.07, 6.45) is -5.04. The van der Waals surface area contributed by atoms with Crippen LogP contribution >= 0.6 is 0 Å². The molecule has 0 saturated heterocycles. The van der Waals surface area contributed by atoms with Crippen molar-refractivity contribution in [2.24, 2.45) is 0 Å². The Morgan fingerprint density at radius 3 is 2.39 bits per heavy atom. The Balaban J connectivity index is 2.95. The number of anilines is 2. The van der Waals surface area contributed by atoms with Crippen molar-refractivity contribution in [3.05, 3.63) is 23.8 Å². The first-order valence-electron chi connectivity index (χ1n) is 5.02. The zero-order chi connectivity index (χ0) is 14.1. The Kier molecular flexibility index (Phi) is 3.57. The van der Waals surface area contributed by atoms with Crippen LogP contribution in [0.2, 0.25) is 0 Å². The van der Waals surface area contributed by atoms with Gasteiger partial charge in [0.15, 0.2) is 0 Å². The van der Waals surface area contributed by atoms with Gasteiger partial charge in [-0.15, -0.1) is 0 Å². The van der Waals surface area contributed by atoms with Gasteiger partial charge in [0.1, 0.15) is 0 Å². The summed E-state index contributed by atoms with van der Waals surface area (Å²) in [5.41, 5.74) is 3.12. The highest BCUT2D eigenvalue weighted by Gasteiger charge is 2.55. The lowest BCUT2D eigenvalue weighted by Crippen LogP contribution is -2.52. The molecule has 1 aromatic carbocycles. The summed E-state index contributed by atoms with van der Waals surface area (Å²) in [5.74, 6) is -1.54. The van der Waals surface area contributed by atoms with Crippen LogP contribution in [0.25, 0.3) is 0 Å². The highest BCUT2D eigenvalue weighted by molar-refractivity contribution is 5.98. The number of hydrogen-bond acceptors (Lipinski definition) is 3. The molecule has 4 nitrogen and oxygen atoms in total. The monoisotopic (exact) mass is 262 g/mol. The SMILES string of the molecule is Cc1cc(N)ccc1NC(=O)[C@@](C)(O)C(F)(F)F. The maximum Gasteiger partial charge on any atom is 0.426 e. The van der Waals surface area contributed by atoms with E-state index in [2.05, 4.69) is 0 Å². The van der Waals surface area contributed by atoms with Crippen LogP contribution < -0.4 is 11.1 Å². The lowest BCUT2D eigenvalue weighted by molar-refractivity contribution is -0.242. The molecule has 1 atom stereocenters. The zero-order valence-electron chi connectivity index (χ0n) is 9.80. The quantitative estimate of drug-likeness (QED) is 0.712. The highest BCUT2D eigenvalue weighted by Crippen LogP contribution is 2.31. The third-order valence-electron chi connectivity index (χ3n) is 2.49. The zero-order valence-corrected chi connectivity index (χ0v) is 9.80. The van der Waals surface area contributed by atoms with Gasteiger partial charge in [0.2, 0.25) is 5.60 Å². The van der Waals surface area contributed by atoms with Crippen molar-refractivity contribution in [2.45, 2.75) is 25.6 Å². The molecule has 1 amide bonds. The largest absolute Gasteiger partial charge is 0.426 e. The van der Waals surface area contributed by atoms with Crippen molar-refractivity contribution >= 4 is 17.3 Å². The van der Waals surface area contributed by atoms with E-state index >= 15 is 0 Å². The molecule has 0 saturated carbocycles. The molecule has 0 aliphatic rings. The highest BCUT2D eigenvalue weighted by atomic mass is 19.4. The van der Waals surface area contributed by atoms with Crippen LogP contribution in [0.15, 0.2) is 18.2 Å². The molecule has 1 rings (SSSR count). The molecule has 0 radical (unpaired) electrons. The summed E-state index contributed by atoms with van der Waals surface area (Å²) in [7, 11) is 0. The molecule has 0 aliphatic carbocycles. The van der Waals surface area contributed by atoms with Crippen molar-refractivity contribution in [1.29, 1.82) is 0 Å². The van der Waals surface area contributed by atoms with Gasteiger partial charge in [-0.2, -0.15) is 13.2 Å². The fraction of sp³-hybridized carbons (Fsp3) is 0.364. The summed E-state index contributed by atoms with van der Waals surface area (Å²) in [6, 6.07) is 4.30. The van der Waals surface area contributed by atoms with Crippen LogP contribution in [0, 0.1) is 6.92 Å². The number of nitrogen functional groups attached to an aromatic ring is 1. The summed E-state index contributed by atoms with van der Waals surface area (Å²) in [5, 5.41) is 11.2. The Labute approximate surface area is 102 Å². The van der Waals surface area contributed by atoms with Crippen LogP contribution in [0.1, 0.15) is 12.5 Å². The van der Waals surface area contributed by atoms with Gasteiger partial charge in [0.25, 0.3) is 5.91 Å². The van der Waals surface area contributed by atoms with Crippen LogP contribution in [0.3, 0.4) is 0 Å². The predicted molar refractivity (Wildman–Crippen MR) is 60.9 cm³/mol. The molecular weight excluding hydrogens is 249 g/mol. The molecule has 100 valence electrons. The molecule has 0 heterocycles. The lowest BCUT2D eigenvalue weighted by Gasteiger charge is -2.25. The van der Waals surface area contributed by atoms with E-state index in [4.69, 9.17) is 10.8 Å². The second kappa shape index (κ2) is 4.49. The number of carbonyl (C=O) groups is 1. The van der Waals surface area contributed by atoms with E-state index in [1.165, 1.54) is 18.2 Å². The van der Waals surface area contributed by atoms with Crippen molar-refractivity contribution in [3.63, 3.8) is 0 Å². The minimum Gasteiger partial charge on any atom is -0.399 e. The molecule has 0 spiro atoms. The third-order valence-corrected chi connectivity index (χ3v) is 2.49. The normalized spacial score (nSPS) is 15.0. The number of benzene rings is 1.